The number of carbonyl (C=O) groups is 1. The van der Waals surface area contributed by atoms with E-state index in [1.165, 1.54) is 0 Å². The number of carboxylic acids is 1. The monoisotopic (exact) mass is 383 g/mol. The van der Waals surface area contributed by atoms with Gasteiger partial charge >= 0.3 is 5.97 Å². The second-order valence-corrected chi connectivity index (χ2v) is 7.32. The highest BCUT2D eigenvalue weighted by molar-refractivity contribution is 5.75. The number of benzene rings is 2. The van der Waals surface area contributed by atoms with Gasteiger partial charge in [-0.25, -0.2) is 0 Å². The lowest BCUT2D eigenvalue weighted by atomic mass is 9.80. The third-order valence-electron chi connectivity index (χ3n) is 5.97. The van der Waals surface area contributed by atoms with Crippen molar-refractivity contribution in [3.63, 3.8) is 0 Å². The molecule has 5 rings (SSSR count). The van der Waals surface area contributed by atoms with Gasteiger partial charge in [0.1, 0.15) is 17.5 Å². The van der Waals surface area contributed by atoms with Crippen molar-refractivity contribution < 1.29 is 28.8 Å². The maximum atomic E-state index is 12.1. The van der Waals surface area contributed by atoms with Gasteiger partial charge in [0.2, 0.25) is 6.79 Å². The Kier molecular flexibility index (Phi) is 3.87. The van der Waals surface area contributed by atoms with Crippen LogP contribution in [0.5, 0.6) is 23.0 Å². The molecule has 0 fully saturated rings. The molecule has 3 heterocycles. The Hall–Kier alpha value is -2.93. The topological polar surface area (TPSA) is 77.5 Å². The van der Waals surface area contributed by atoms with Crippen LogP contribution in [0.15, 0.2) is 24.3 Å². The van der Waals surface area contributed by atoms with Gasteiger partial charge in [-0.2, -0.15) is 0 Å². The Morgan fingerprint density at radius 1 is 1.07 bits per heavy atom. The van der Waals surface area contributed by atoms with Crippen molar-refractivity contribution in [1.29, 1.82) is 0 Å². The molecule has 0 saturated heterocycles. The Bertz CT molecular complexity index is 972. The number of hydrogen-bond donors (Lipinski definition) is 1. The first-order valence-corrected chi connectivity index (χ1v) is 9.23. The second-order valence-electron chi connectivity index (χ2n) is 7.32. The third-order valence-corrected chi connectivity index (χ3v) is 5.97. The quantitative estimate of drug-likeness (QED) is 0.873. The number of ether oxygens (including phenoxy) is 4. The van der Waals surface area contributed by atoms with Crippen molar-refractivity contribution in [3.05, 3.63) is 46.5 Å². The van der Waals surface area contributed by atoms with Gasteiger partial charge in [-0.1, -0.05) is 0 Å². The standard InChI is InChI=1S/C21H21NO6/c1-25-13-3-12-9-22-16(7-15(12)18(6-13)26-2)14-8-20-19(27-10-28-20)5-11(14)4-17(22)21(23)24/h3,5-6,8,16-17H,4,7,9-10H2,1-2H3,(H,23,24). The molecule has 0 aromatic heterocycles. The average molecular weight is 383 g/mol. The normalized spacial score (nSPS) is 22.1. The molecule has 2 atom stereocenters. The Balaban J connectivity index is 1.64. The van der Waals surface area contributed by atoms with Crippen LogP contribution < -0.4 is 18.9 Å². The van der Waals surface area contributed by atoms with E-state index in [-0.39, 0.29) is 12.8 Å². The summed E-state index contributed by atoms with van der Waals surface area (Å²) in [4.78, 5) is 14.1. The molecule has 2 aromatic carbocycles. The van der Waals surface area contributed by atoms with Crippen LogP contribution in [0, 0.1) is 0 Å². The molecule has 0 bridgehead atoms. The molecule has 2 aromatic rings. The minimum absolute atomic E-state index is 0.0610. The molecule has 3 aliphatic heterocycles. The summed E-state index contributed by atoms with van der Waals surface area (Å²) in [7, 11) is 3.26. The van der Waals surface area contributed by atoms with E-state index >= 15 is 0 Å². The average Bonchev–Trinajstić information content (AvgIpc) is 3.16. The SMILES string of the molecule is COc1cc2c(c(OC)c1)CC1c3cc4c(cc3CC(C(=O)O)N1C2)OCO4. The zero-order valence-electron chi connectivity index (χ0n) is 15.7. The third kappa shape index (κ3) is 2.50. The molecule has 0 saturated carbocycles. The lowest BCUT2D eigenvalue weighted by molar-refractivity contribution is -0.145. The minimum atomic E-state index is -0.813. The van der Waals surface area contributed by atoms with Crippen LogP contribution in [-0.2, 0) is 24.2 Å². The zero-order chi connectivity index (χ0) is 19.4. The first kappa shape index (κ1) is 17.2. The van der Waals surface area contributed by atoms with E-state index in [1.54, 1.807) is 14.2 Å². The van der Waals surface area contributed by atoms with Crippen LogP contribution in [0.4, 0.5) is 0 Å². The van der Waals surface area contributed by atoms with E-state index in [0.717, 1.165) is 33.8 Å². The Morgan fingerprint density at radius 2 is 1.86 bits per heavy atom. The molecular formula is C21H21NO6. The van der Waals surface area contributed by atoms with Crippen molar-refractivity contribution in [2.24, 2.45) is 0 Å². The van der Waals surface area contributed by atoms with Gasteiger partial charge in [0, 0.05) is 24.2 Å². The summed E-state index contributed by atoms with van der Waals surface area (Å²) in [6.45, 7) is 0.726. The Morgan fingerprint density at radius 3 is 2.57 bits per heavy atom. The van der Waals surface area contributed by atoms with E-state index in [4.69, 9.17) is 18.9 Å². The summed E-state index contributed by atoms with van der Waals surface area (Å²) in [6, 6.07) is 7.15. The highest BCUT2D eigenvalue weighted by atomic mass is 16.7. The summed E-state index contributed by atoms with van der Waals surface area (Å²) in [5.74, 6) is 2.08. The molecule has 0 amide bonds. The molecule has 1 N–H and O–H groups in total. The summed E-state index contributed by atoms with van der Waals surface area (Å²) < 4.78 is 22.1. The summed E-state index contributed by atoms with van der Waals surface area (Å²) in [5.41, 5.74) is 4.25. The van der Waals surface area contributed by atoms with Crippen molar-refractivity contribution in [1.82, 2.24) is 4.90 Å². The molecule has 2 unspecified atom stereocenters. The van der Waals surface area contributed by atoms with Crippen molar-refractivity contribution >= 4 is 5.97 Å². The van der Waals surface area contributed by atoms with Gasteiger partial charge in [0.05, 0.1) is 14.2 Å². The second kappa shape index (κ2) is 6.31. The van der Waals surface area contributed by atoms with Crippen LogP contribution in [0.2, 0.25) is 0 Å². The lowest BCUT2D eigenvalue weighted by Gasteiger charge is -2.45. The number of nitrogens with zero attached hydrogens (tertiary/aromatic N) is 1. The fourth-order valence-corrected chi connectivity index (χ4v) is 4.62. The predicted molar refractivity (Wildman–Crippen MR) is 99.2 cm³/mol. The maximum absolute atomic E-state index is 12.1. The molecule has 28 heavy (non-hydrogen) atoms. The molecule has 7 nitrogen and oxygen atoms in total. The van der Waals surface area contributed by atoms with Crippen molar-refractivity contribution in [2.75, 3.05) is 21.0 Å². The largest absolute Gasteiger partial charge is 0.497 e. The number of rotatable bonds is 3. The summed E-state index contributed by atoms with van der Waals surface area (Å²) >= 11 is 0. The molecular weight excluding hydrogens is 362 g/mol. The van der Waals surface area contributed by atoms with E-state index in [2.05, 4.69) is 4.90 Å². The smallest absolute Gasteiger partial charge is 0.321 e. The van der Waals surface area contributed by atoms with Gasteiger partial charge < -0.3 is 24.1 Å². The first-order valence-electron chi connectivity index (χ1n) is 9.23. The molecule has 3 aliphatic rings. The molecule has 7 heteroatoms. The number of hydrogen-bond acceptors (Lipinski definition) is 6. The maximum Gasteiger partial charge on any atom is 0.321 e. The summed E-state index contributed by atoms with van der Waals surface area (Å²) in [5, 5.41) is 9.90. The number of methoxy groups -OCH3 is 2. The van der Waals surface area contributed by atoms with Crippen LogP contribution in [0.3, 0.4) is 0 Å². The van der Waals surface area contributed by atoms with E-state index in [9.17, 15) is 9.90 Å². The summed E-state index contributed by atoms with van der Waals surface area (Å²) in [6.07, 6.45) is 1.10. The minimum Gasteiger partial charge on any atom is -0.497 e. The fourth-order valence-electron chi connectivity index (χ4n) is 4.62. The van der Waals surface area contributed by atoms with Crippen LogP contribution in [0.25, 0.3) is 0 Å². The highest BCUT2D eigenvalue weighted by Gasteiger charge is 2.42. The van der Waals surface area contributed by atoms with E-state index < -0.39 is 12.0 Å². The van der Waals surface area contributed by atoms with E-state index in [1.807, 2.05) is 24.3 Å². The lowest BCUT2D eigenvalue weighted by Crippen LogP contribution is -2.50. The molecule has 0 radical (unpaired) electrons. The molecule has 146 valence electrons. The first-order chi connectivity index (χ1) is 13.6. The van der Waals surface area contributed by atoms with Crippen LogP contribution in [0.1, 0.15) is 28.3 Å². The van der Waals surface area contributed by atoms with Gasteiger partial charge in [-0.05, 0) is 47.7 Å². The molecule has 0 aliphatic carbocycles. The van der Waals surface area contributed by atoms with Gasteiger partial charge in [0.15, 0.2) is 11.5 Å². The van der Waals surface area contributed by atoms with Crippen LogP contribution >= 0.6 is 0 Å². The zero-order valence-corrected chi connectivity index (χ0v) is 15.7. The highest BCUT2D eigenvalue weighted by Crippen LogP contribution is 2.47. The van der Waals surface area contributed by atoms with Crippen molar-refractivity contribution in [3.8, 4) is 23.0 Å². The van der Waals surface area contributed by atoms with E-state index in [0.29, 0.717) is 30.9 Å². The number of carboxylic acid groups (broad SMARTS) is 1. The number of fused-ring (bicyclic) bond motifs is 5. The van der Waals surface area contributed by atoms with Gasteiger partial charge in [0.25, 0.3) is 0 Å². The molecule has 0 spiro atoms. The van der Waals surface area contributed by atoms with Gasteiger partial charge in [-0.15, -0.1) is 0 Å². The van der Waals surface area contributed by atoms with Crippen LogP contribution in [-0.4, -0.2) is 43.0 Å². The van der Waals surface area contributed by atoms with Crippen molar-refractivity contribution in [2.45, 2.75) is 31.5 Å². The van der Waals surface area contributed by atoms with Gasteiger partial charge in [-0.3, -0.25) is 9.69 Å². The number of aliphatic carboxylic acids is 1. The Labute approximate surface area is 162 Å². The fraction of sp³-hybridized carbons (Fsp3) is 0.381. The predicted octanol–water partition coefficient (Wildman–Crippen LogP) is 2.54.